The monoisotopic (exact) mass is 266 g/mol. The van der Waals surface area contributed by atoms with Gasteiger partial charge in [0.15, 0.2) is 0 Å². The predicted molar refractivity (Wildman–Crippen MR) is 61.4 cm³/mol. The van der Waals surface area contributed by atoms with Crippen LogP contribution in [0.25, 0.3) is 0 Å². The number of aliphatic hydroxyl groups is 1. The fraction of sp³-hybridized carbons (Fsp3) is 0.182. The number of halogens is 1. The Morgan fingerprint density at radius 1 is 1.40 bits per heavy atom. The molecule has 0 amide bonds. The average Bonchev–Trinajstić information content (AvgIpc) is 2.65. The van der Waals surface area contributed by atoms with Crippen LogP contribution < -0.4 is 0 Å². The van der Waals surface area contributed by atoms with Crippen LogP contribution in [-0.2, 0) is 13.2 Å². The van der Waals surface area contributed by atoms with E-state index in [-0.39, 0.29) is 6.61 Å². The molecule has 1 aromatic carbocycles. The van der Waals surface area contributed by atoms with Crippen molar-refractivity contribution >= 4 is 15.9 Å². The summed E-state index contributed by atoms with van der Waals surface area (Å²) < 4.78 is 3.02. The third-order valence-corrected chi connectivity index (χ3v) is 2.60. The lowest BCUT2D eigenvalue weighted by Crippen LogP contribution is -1.96. The van der Waals surface area contributed by atoms with Crippen LogP contribution in [0.2, 0.25) is 0 Å². The molecule has 15 heavy (non-hydrogen) atoms. The fourth-order valence-electron chi connectivity index (χ4n) is 1.42. The highest BCUT2D eigenvalue weighted by molar-refractivity contribution is 9.10. The predicted octanol–water partition coefficient (Wildman–Crippen LogP) is 2.19. The SMILES string of the molecule is OCc1cn(Cc2cccc(Br)c2)cn1. The molecule has 0 unspecified atom stereocenters. The topological polar surface area (TPSA) is 38.0 Å². The molecule has 0 atom stereocenters. The Kier molecular flexibility index (Phi) is 3.18. The Morgan fingerprint density at radius 3 is 2.93 bits per heavy atom. The quantitative estimate of drug-likeness (QED) is 0.925. The molecule has 0 aliphatic rings. The maximum atomic E-state index is 8.88. The van der Waals surface area contributed by atoms with Gasteiger partial charge in [-0.25, -0.2) is 4.98 Å². The molecule has 4 heteroatoms. The summed E-state index contributed by atoms with van der Waals surface area (Å²) in [4.78, 5) is 4.05. The smallest absolute Gasteiger partial charge is 0.0953 e. The van der Waals surface area contributed by atoms with Crippen LogP contribution in [0, 0.1) is 0 Å². The molecule has 2 rings (SSSR count). The standard InChI is InChI=1S/C11H11BrN2O/c12-10-3-1-2-9(4-10)5-14-6-11(7-15)13-8-14/h1-4,6,8,15H,5,7H2. The maximum Gasteiger partial charge on any atom is 0.0953 e. The average molecular weight is 267 g/mol. The Bertz CT molecular complexity index is 453. The van der Waals surface area contributed by atoms with Gasteiger partial charge >= 0.3 is 0 Å². The zero-order valence-electron chi connectivity index (χ0n) is 8.10. The van der Waals surface area contributed by atoms with Crippen LogP contribution in [-0.4, -0.2) is 14.7 Å². The van der Waals surface area contributed by atoms with Gasteiger partial charge in [0, 0.05) is 17.2 Å². The van der Waals surface area contributed by atoms with E-state index in [0.29, 0.717) is 5.69 Å². The van der Waals surface area contributed by atoms with Gasteiger partial charge in [0.05, 0.1) is 18.6 Å². The molecule has 0 aliphatic heterocycles. The van der Waals surface area contributed by atoms with E-state index in [0.717, 1.165) is 11.0 Å². The molecule has 1 aromatic heterocycles. The number of nitrogens with zero attached hydrogens (tertiary/aromatic N) is 2. The highest BCUT2D eigenvalue weighted by Gasteiger charge is 1.98. The molecule has 3 nitrogen and oxygen atoms in total. The van der Waals surface area contributed by atoms with E-state index in [4.69, 9.17) is 5.11 Å². The van der Waals surface area contributed by atoms with Crippen molar-refractivity contribution in [2.24, 2.45) is 0 Å². The number of benzene rings is 1. The summed E-state index contributed by atoms with van der Waals surface area (Å²) in [5.74, 6) is 0. The van der Waals surface area contributed by atoms with Crippen LogP contribution in [0.5, 0.6) is 0 Å². The van der Waals surface area contributed by atoms with Crippen LogP contribution in [0.3, 0.4) is 0 Å². The second-order valence-corrected chi connectivity index (χ2v) is 4.24. The van der Waals surface area contributed by atoms with Gasteiger partial charge in [-0.2, -0.15) is 0 Å². The van der Waals surface area contributed by atoms with Gasteiger partial charge in [0.25, 0.3) is 0 Å². The van der Waals surface area contributed by atoms with Crippen molar-refractivity contribution in [3.8, 4) is 0 Å². The molecule has 78 valence electrons. The van der Waals surface area contributed by atoms with Crippen LogP contribution >= 0.6 is 15.9 Å². The first-order valence-corrected chi connectivity index (χ1v) is 5.43. The number of rotatable bonds is 3. The lowest BCUT2D eigenvalue weighted by molar-refractivity contribution is 0.277. The van der Waals surface area contributed by atoms with Gasteiger partial charge in [-0.05, 0) is 17.7 Å². The van der Waals surface area contributed by atoms with Crippen molar-refractivity contribution in [3.05, 3.63) is 52.5 Å². The maximum absolute atomic E-state index is 8.88. The van der Waals surface area contributed by atoms with Crippen molar-refractivity contribution in [1.82, 2.24) is 9.55 Å². The Hall–Kier alpha value is -1.13. The summed E-state index contributed by atoms with van der Waals surface area (Å²) in [5, 5.41) is 8.88. The van der Waals surface area contributed by atoms with E-state index >= 15 is 0 Å². The van der Waals surface area contributed by atoms with Gasteiger partial charge in [0.1, 0.15) is 0 Å². The van der Waals surface area contributed by atoms with Gasteiger partial charge in [-0.15, -0.1) is 0 Å². The number of aliphatic hydroxyl groups excluding tert-OH is 1. The molecule has 0 spiro atoms. The van der Waals surface area contributed by atoms with Gasteiger partial charge in [-0.3, -0.25) is 0 Å². The van der Waals surface area contributed by atoms with E-state index in [9.17, 15) is 0 Å². The normalized spacial score (nSPS) is 10.5. The number of aromatic nitrogens is 2. The second-order valence-electron chi connectivity index (χ2n) is 3.33. The van der Waals surface area contributed by atoms with Crippen LogP contribution in [0.1, 0.15) is 11.3 Å². The first-order valence-electron chi connectivity index (χ1n) is 4.64. The molecule has 0 saturated carbocycles. The Balaban J connectivity index is 2.14. The Morgan fingerprint density at radius 2 is 2.27 bits per heavy atom. The van der Waals surface area contributed by atoms with E-state index in [1.807, 2.05) is 22.9 Å². The third-order valence-electron chi connectivity index (χ3n) is 2.10. The number of hydrogen-bond donors (Lipinski definition) is 1. The summed E-state index contributed by atoms with van der Waals surface area (Å²) in [6, 6.07) is 8.13. The highest BCUT2D eigenvalue weighted by atomic mass is 79.9. The Labute approximate surface area is 96.5 Å². The number of imidazole rings is 1. The minimum absolute atomic E-state index is 0.00845. The molecule has 1 heterocycles. The van der Waals surface area contributed by atoms with Crippen molar-refractivity contribution < 1.29 is 5.11 Å². The first-order chi connectivity index (χ1) is 7.28. The lowest BCUT2D eigenvalue weighted by Gasteiger charge is -2.02. The molecule has 0 radical (unpaired) electrons. The first kappa shape index (κ1) is 10.4. The van der Waals surface area contributed by atoms with E-state index in [2.05, 4.69) is 33.0 Å². The molecule has 0 saturated heterocycles. The van der Waals surface area contributed by atoms with Gasteiger partial charge in [-0.1, -0.05) is 28.1 Å². The summed E-state index contributed by atoms with van der Waals surface area (Å²) in [7, 11) is 0. The van der Waals surface area contributed by atoms with Crippen molar-refractivity contribution in [3.63, 3.8) is 0 Å². The summed E-state index contributed by atoms with van der Waals surface area (Å²) in [6.07, 6.45) is 3.58. The highest BCUT2D eigenvalue weighted by Crippen LogP contribution is 2.12. The molecule has 2 aromatic rings. The molecule has 0 bridgehead atoms. The van der Waals surface area contributed by atoms with Gasteiger partial charge in [0.2, 0.25) is 0 Å². The molecule has 0 aliphatic carbocycles. The zero-order chi connectivity index (χ0) is 10.7. The van der Waals surface area contributed by atoms with Crippen molar-refractivity contribution in [2.45, 2.75) is 13.2 Å². The van der Waals surface area contributed by atoms with Crippen molar-refractivity contribution in [1.29, 1.82) is 0 Å². The largest absolute Gasteiger partial charge is 0.390 e. The fourth-order valence-corrected chi connectivity index (χ4v) is 1.87. The summed E-state index contributed by atoms with van der Waals surface area (Å²) >= 11 is 3.43. The van der Waals surface area contributed by atoms with Crippen molar-refractivity contribution in [2.75, 3.05) is 0 Å². The van der Waals surface area contributed by atoms with Gasteiger partial charge < -0.3 is 9.67 Å². The van der Waals surface area contributed by atoms with Crippen LogP contribution in [0.15, 0.2) is 41.3 Å². The molecule has 1 N–H and O–H groups in total. The van der Waals surface area contributed by atoms with E-state index in [1.165, 1.54) is 5.56 Å². The zero-order valence-corrected chi connectivity index (χ0v) is 9.68. The number of hydrogen-bond acceptors (Lipinski definition) is 2. The van der Waals surface area contributed by atoms with E-state index in [1.54, 1.807) is 6.33 Å². The van der Waals surface area contributed by atoms with Crippen LogP contribution in [0.4, 0.5) is 0 Å². The summed E-state index contributed by atoms with van der Waals surface area (Å²) in [5.41, 5.74) is 1.90. The molecular formula is C11H11BrN2O. The summed E-state index contributed by atoms with van der Waals surface area (Å²) in [6.45, 7) is 0.762. The molecular weight excluding hydrogens is 256 g/mol. The minimum atomic E-state index is -0.00845. The lowest BCUT2D eigenvalue weighted by atomic mass is 10.2. The third kappa shape index (κ3) is 2.67. The molecule has 0 fully saturated rings. The second kappa shape index (κ2) is 4.59. The minimum Gasteiger partial charge on any atom is -0.390 e. The van der Waals surface area contributed by atoms with E-state index < -0.39 is 0 Å².